The lowest BCUT2D eigenvalue weighted by atomic mass is 10.4. The second-order valence-corrected chi connectivity index (χ2v) is 6.94. The molecule has 0 fully saturated rings. The van der Waals surface area contributed by atoms with Gasteiger partial charge in [0.1, 0.15) is 22.0 Å². The standard InChI is InChI=1S/C14H16N4S2/c1-10-8-12-13(16-9-17-14(12)20-10)19-7-3-5-18-6-4-15-11(18)2/h4,6,8-9H,3,5,7H2,1-2H3. The van der Waals surface area contributed by atoms with Crippen molar-refractivity contribution < 1.29 is 0 Å². The third-order valence-electron chi connectivity index (χ3n) is 3.12. The van der Waals surface area contributed by atoms with E-state index in [0.29, 0.717) is 0 Å². The maximum Gasteiger partial charge on any atom is 0.128 e. The molecule has 0 bridgehead atoms. The molecule has 0 atom stereocenters. The number of fused-ring (bicyclic) bond motifs is 1. The minimum absolute atomic E-state index is 1.01. The molecule has 4 nitrogen and oxygen atoms in total. The third-order valence-corrected chi connectivity index (χ3v) is 5.17. The molecule has 3 aromatic rings. The molecule has 3 aromatic heterocycles. The van der Waals surface area contributed by atoms with Crippen molar-refractivity contribution in [3.8, 4) is 0 Å². The van der Waals surface area contributed by atoms with Gasteiger partial charge >= 0.3 is 0 Å². The lowest BCUT2D eigenvalue weighted by Crippen LogP contribution is -2.00. The van der Waals surface area contributed by atoms with E-state index in [9.17, 15) is 0 Å². The van der Waals surface area contributed by atoms with Crippen molar-refractivity contribution in [2.45, 2.75) is 31.8 Å². The zero-order chi connectivity index (χ0) is 13.9. The van der Waals surface area contributed by atoms with Gasteiger partial charge < -0.3 is 4.57 Å². The number of imidazole rings is 1. The number of rotatable bonds is 5. The van der Waals surface area contributed by atoms with Gasteiger partial charge in [0.25, 0.3) is 0 Å². The first-order chi connectivity index (χ1) is 9.74. The molecule has 6 heteroatoms. The molecule has 3 rings (SSSR count). The van der Waals surface area contributed by atoms with Gasteiger partial charge in [-0.3, -0.25) is 0 Å². The van der Waals surface area contributed by atoms with Gasteiger partial charge in [0.05, 0.1) is 0 Å². The fourth-order valence-corrected chi connectivity index (χ4v) is 3.92. The summed E-state index contributed by atoms with van der Waals surface area (Å²) in [5, 5.41) is 2.29. The Morgan fingerprint density at radius 1 is 1.25 bits per heavy atom. The molecule has 0 radical (unpaired) electrons. The molecule has 0 saturated carbocycles. The Morgan fingerprint density at radius 3 is 2.95 bits per heavy atom. The highest BCUT2D eigenvalue weighted by molar-refractivity contribution is 7.99. The molecule has 0 amide bonds. The summed E-state index contributed by atoms with van der Waals surface area (Å²) in [6.07, 6.45) is 6.66. The van der Waals surface area contributed by atoms with Crippen molar-refractivity contribution in [2.24, 2.45) is 0 Å². The number of thioether (sulfide) groups is 1. The molecule has 0 unspecified atom stereocenters. The monoisotopic (exact) mass is 304 g/mol. The Balaban J connectivity index is 1.61. The lowest BCUT2D eigenvalue weighted by Gasteiger charge is -2.05. The Morgan fingerprint density at radius 2 is 2.15 bits per heavy atom. The number of thiophene rings is 1. The van der Waals surface area contributed by atoms with E-state index in [0.717, 1.165) is 34.4 Å². The molecular formula is C14H16N4S2. The van der Waals surface area contributed by atoms with Gasteiger partial charge in [0, 0.05) is 35.0 Å². The minimum atomic E-state index is 1.01. The number of aromatic nitrogens is 4. The molecule has 0 aliphatic heterocycles. The van der Waals surface area contributed by atoms with Gasteiger partial charge in [-0.25, -0.2) is 15.0 Å². The quantitative estimate of drug-likeness (QED) is 0.410. The number of hydrogen-bond donors (Lipinski definition) is 0. The summed E-state index contributed by atoms with van der Waals surface area (Å²) in [4.78, 5) is 15.3. The van der Waals surface area contributed by atoms with E-state index in [1.807, 2.05) is 31.1 Å². The van der Waals surface area contributed by atoms with E-state index in [-0.39, 0.29) is 0 Å². The minimum Gasteiger partial charge on any atom is -0.335 e. The molecule has 0 aliphatic carbocycles. The molecule has 0 N–H and O–H groups in total. The molecule has 0 spiro atoms. The lowest BCUT2D eigenvalue weighted by molar-refractivity contribution is 0.662. The Bertz CT molecular complexity index is 717. The first-order valence-corrected chi connectivity index (χ1v) is 8.36. The van der Waals surface area contributed by atoms with Crippen LogP contribution in [0.25, 0.3) is 10.2 Å². The van der Waals surface area contributed by atoms with Crippen LogP contribution in [0.2, 0.25) is 0 Å². The van der Waals surface area contributed by atoms with Crippen molar-refractivity contribution in [1.82, 2.24) is 19.5 Å². The Kier molecular flexibility index (Phi) is 4.03. The topological polar surface area (TPSA) is 43.6 Å². The van der Waals surface area contributed by atoms with Crippen LogP contribution in [0.3, 0.4) is 0 Å². The summed E-state index contributed by atoms with van der Waals surface area (Å²) < 4.78 is 2.19. The summed E-state index contributed by atoms with van der Waals surface area (Å²) in [6.45, 7) is 5.16. The van der Waals surface area contributed by atoms with Crippen LogP contribution in [0.5, 0.6) is 0 Å². The zero-order valence-corrected chi connectivity index (χ0v) is 13.2. The van der Waals surface area contributed by atoms with E-state index in [2.05, 4.69) is 32.5 Å². The van der Waals surface area contributed by atoms with E-state index in [1.54, 1.807) is 17.7 Å². The fourth-order valence-electron chi connectivity index (χ4n) is 2.11. The van der Waals surface area contributed by atoms with Crippen LogP contribution < -0.4 is 0 Å². The van der Waals surface area contributed by atoms with E-state index >= 15 is 0 Å². The second-order valence-electron chi connectivity index (χ2n) is 4.62. The van der Waals surface area contributed by atoms with Crippen LogP contribution in [0.4, 0.5) is 0 Å². The average molecular weight is 304 g/mol. The third kappa shape index (κ3) is 2.86. The first kappa shape index (κ1) is 13.6. The number of nitrogens with zero attached hydrogens (tertiary/aromatic N) is 4. The van der Waals surface area contributed by atoms with Gasteiger partial charge in [0.15, 0.2) is 0 Å². The predicted octanol–water partition coefficient (Wildman–Crippen LogP) is 3.69. The summed E-state index contributed by atoms with van der Waals surface area (Å²) >= 11 is 3.54. The van der Waals surface area contributed by atoms with Gasteiger partial charge in [0.2, 0.25) is 0 Å². The van der Waals surface area contributed by atoms with Crippen LogP contribution in [-0.4, -0.2) is 25.3 Å². The van der Waals surface area contributed by atoms with E-state index < -0.39 is 0 Å². The van der Waals surface area contributed by atoms with Crippen LogP contribution >= 0.6 is 23.1 Å². The molecular weight excluding hydrogens is 288 g/mol. The summed E-state index contributed by atoms with van der Waals surface area (Å²) in [6, 6.07) is 2.18. The van der Waals surface area contributed by atoms with E-state index in [1.165, 1.54) is 10.3 Å². The van der Waals surface area contributed by atoms with Crippen molar-refractivity contribution in [3.05, 3.63) is 35.5 Å². The van der Waals surface area contributed by atoms with Crippen LogP contribution in [-0.2, 0) is 6.54 Å². The van der Waals surface area contributed by atoms with E-state index in [4.69, 9.17) is 0 Å². The zero-order valence-electron chi connectivity index (χ0n) is 11.5. The van der Waals surface area contributed by atoms with Crippen molar-refractivity contribution >= 4 is 33.3 Å². The Labute approximate surface area is 126 Å². The van der Waals surface area contributed by atoms with Crippen LogP contribution in [0, 0.1) is 13.8 Å². The molecule has 20 heavy (non-hydrogen) atoms. The van der Waals surface area contributed by atoms with Crippen LogP contribution in [0.1, 0.15) is 17.1 Å². The number of hydrogen-bond acceptors (Lipinski definition) is 5. The highest BCUT2D eigenvalue weighted by atomic mass is 32.2. The molecule has 104 valence electrons. The maximum absolute atomic E-state index is 4.41. The molecule has 0 saturated heterocycles. The van der Waals surface area contributed by atoms with Gasteiger partial charge in [-0.2, -0.15) is 0 Å². The highest BCUT2D eigenvalue weighted by Crippen LogP contribution is 2.30. The average Bonchev–Trinajstić information content (AvgIpc) is 3.00. The normalized spacial score (nSPS) is 11.3. The molecule has 3 heterocycles. The highest BCUT2D eigenvalue weighted by Gasteiger charge is 2.07. The van der Waals surface area contributed by atoms with Crippen molar-refractivity contribution in [1.29, 1.82) is 0 Å². The molecule has 0 aromatic carbocycles. The number of aryl methyl sites for hydroxylation is 3. The van der Waals surface area contributed by atoms with Gasteiger partial charge in [-0.15, -0.1) is 23.1 Å². The van der Waals surface area contributed by atoms with Gasteiger partial charge in [-0.05, 0) is 26.3 Å². The maximum atomic E-state index is 4.41. The second kappa shape index (κ2) is 5.93. The first-order valence-electron chi connectivity index (χ1n) is 6.56. The smallest absolute Gasteiger partial charge is 0.128 e. The van der Waals surface area contributed by atoms with Crippen LogP contribution in [0.15, 0.2) is 29.8 Å². The summed E-state index contributed by atoms with van der Waals surface area (Å²) in [5.74, 6) is 2.13. The summed E-state index contributed by atoms with van der Waals surface area (Å²) in [7, 11) is 0. The molecule has 0 aliphatic rings. The SMILES string of the molecule is Cc1cc2c(SCCCn3ccnc3C)ncnc2s1. The summed E-state index contributed by atoms with van der Waals surface area (Å²) in [5.41, 5.74) is 0. The van der Waals surface area contributed by atoms with Gasteiger partial charge in [-0.1, -0.05) is 0 Å². The largest absolute Gasteiger partial charge is 0.335 e. The van der Waals surface area contributed by atoms with Crippen molar-refractivity contribution in [3.63, 3.8) is 0 Å². The fraction of sp³-hybridized carbons (Fsp3) is 0.357. The van der Waals surface area contributed by atoms with Crippen molar-refractivity contribution in [2.75, 3.05) is 5.75 Å². The predicted molar refractivity (Wildman–Crippen MR) is 84.5 cm³/mol. The Hall–Kier alpha value is -1.40.